The van der Waals surface area contributed by atoms with Gasteiger partial charge >= 0.3 is 0 Å². The topological polar surface area (TPSA) is 50.4 Å². The molecule has 1 unspecified atom stereocenters. The molecule has 0 aromatic carbocycles. The molecular weight excluding hydrogens is 204 g/mol. The molecule has 0 fully saturated rings. The number of hydrogen-bond donors (Lipinski definition) is 2. The van der Waals surface area contributed by atoms with E-state index in [2.05, 4.69) is 24.5 Å². The van der Waals surface area contributed by atoms with Gasteiger partial charge in [-0.25, -0.2) is 0 Å². The van der Waals surface area contributed by atoms with Crippen LogP contribution in [-0.4, -0.2) is 38.8 Å². The van der Waals surface area contributed by atoms with Crippen LogP contribution in [0.3, 0.4) is 0 Å². The van der Waals surface area contributed by atoms with Crippen molar-refractivity contribution in [2.24, 2.45) is 5.92 Å². The van der Waals surface area contributed by atoms with E-state index in [0.717, 1.165) is 19.4 Å². The van der Waals surface area contributed by atoms with Crippen LogP contribution in [0.1, 0.15) is 33.6 Å². The Morgan fingerprint density at radius 1 is 1.31 bits per heavy atom. The predicted molar refractivity (Wildman–Crippen MR) is 66.4 cm³/mol. The van der Waals surface area contributed by atoms with Gasteiger partial charge in [0.25, 0.3) is 0 Å². The summed E-state index contributed by atoms with van der Waals surface area (Å²) in [5.74, 6) is 0.708. The smallest absolute Gasteiger partial charge is 0.234 e. The van der Waals surface area contributed by atoms with Gasteiger partial charge in [-0.1, -0.05) is 26.7 Å². The zero-order chi connectivity index (χ0) is 12.4. The zero-order valence-corrected chi connectivity index (χ0v) is 11.0. The van der Waals surface area contributed by atoms with Gasteiger partial charge in [-0.15, -0.1) is 0 Å². The van der Waals surface area contributed by atoms with Crippen LogP contribution in [-0.2, 0) is 9.53 Å². The number of nitrogens with one attached hydrogen (secondary N) is 2. The Hall–Kier alpha value is -0.610. The summed E-state index contributed by atoms with van der Waals surface area (Å²) in [6, 6.07) is 0.0763. The molecule has 16 heavy (non-hydrogen) atoms. The van der Waals surface area contributed by atoms with Crippen LogP contribution < -0.4 is 10.6 Å². The summed E-state index contributed by atoms with van der Waals surface area (Å²) in [5.41, 5.74) is 0. The second-order valence-corrected chi connectivity index (χ2v) is 4.24. The maximum Gasteiger partial charge on any atom is 0.234 e. The fraction of sp³-hybridized carbons (Fsp3) is 0.917. The van der Waals surface area contributed by atoms with E-state index in [1.165, 1.54) is 0 Å². The van der Waals surface area contributed by atoms with Gasteiger partial charge in [0.05, 0.1) is 13.2 Å². The molecule has 4 nitrogen and oxygen atoms in total. The first-order chi connectivity index (χ1) is 7.63. The van der Waals surface area contributed by atoms with E-state index in [4.69, 9.17) is 4.74 Å². The molecule has 2 N–H and O–H groups in total. The molecule has 96 valence electrons. The van der Waals surface area contributed by atoms with Crippen molar-refractivity contribution in [3.8, 4) is 0 Å². The fourth-order valence-electron chi connectivity index (χ4n) is 1.58. The van der Waals surface area contributed by atoms with E-state index >= 15 is 0 Å². The molecule has 1 atom stereocenters. The molecule has 0 saturated carbocycles. The molecule has 0 bridgehead atoms. The highest BCUT2D eigenvalue weighted by Crippen LogP contribution is 2.04. The maximum absolute atomic E-state index is 11.5. The average Bonchev–Trinajstić information content (AvgIpc) is 2.24. The van der Waals surface area contributed by atoms with Crippen LogP contribution in [0.4, 0.5) is 0 Å². The lowest BCUT2D eigenvalue weighted by atomic mass is 10.0. The van der Waals surface area contributed by atoms with Gasteiger partial charge in [-0.05, 0) is 19.4 Å². The van der Waals surface area contributed by atoms with Gasteiger partial charge < -0.3 is 15.4 Å². The minimum Gasteiger partial charge on any atom is -0.383 e. The highest BCUT2D eigenvalue weighted by Gasteiger charge is 2.07. The second kappa shape index (κ2) is 9.60. The van der Waals surface area contributed by atoms with Crippen molar-refractivity contribution in [1.82, 2.24) is 10.6 Å². The van der Waals surface area contributed by atoms with Crippen LogP contribution in [0.25, 0.3) is 0 Å². The molecule has 0 aromatic heterocycles. The quantitative estimate of drug-likeness (QED) is 0.625. The maximum atomic E-state index is 11.5. The van der Waals surface area contributed by atoms with Crippen LogP contribution in [0.15, 0.2) is 0 Å². The number of rotatable bonds is 9. The lowest BCUT2D eigenvalue weighted by Crippen LogP contribution is -2.41. The number of methoxy groups -OCH3 is 1. The standard InChI is InChI=1S/C12H26N2O2/c1-5-11(6-2)7-13-8-12(15)14-10(3)9-16-4/h10-11,13H,5-9H2,1-4H3,(H,14,15). The molecule has 0 radical (unpaired) electrons. The van der Waals surface area contributed by atoms with Gasteiger partial charge in [-0.3, -0.25) is 4.79 Å². The second-order valence-electron chi connectivity index (χ2n) is 4.24. The summed E-state index contributed by atoms with van der Waals surface area (Å²) >= 11 is 0. The first-order valence-corrected chi connectivity index (χ1v) is 6.12. The van der Waals surface area contributed by atoms with Crippen molar-refractivity contribution < 1.29 is 9.53 Å². The van der Waals surface area contributed by atoms with Crippen LogP contribution in [0, 0.1) is 5.92 Å². The highest BCUT2D eigenvalue weighted by molar-refractivity contribution is 5.78. The first kappa shape index (κ1) is 15.4. The van der Waals surface area contributed by atoms with Crippen LogP contribution in [0.5, 0.6) is 0 Å². The molecule has 0 rings (SSSR count). The predicted octanol–water partition coefficient (Wildman–Crippen LogP) is 1.16. The molecular formula is C12H26N2O2. The number of amides is 1. The van der Waals surface area contributed by atoms with Crippen molar-refractivity contribution in [2.75, 3.05) is 26.8 Å². The highest BCUT2D eigenvalue weighted by atomic mass is 16.5. The van der Waals surface area contributed by atoms with Gasteiger partial charge in [0, 0.05) is 13.2 Å². The average molecular weight is 230 g/mol. The van der Waals surface area contributed by atoms with Crippen molar-refractivity contribution in [2.45, 2.75) is 39.7 Å². The van der Waals surface area contributed by atoms with Gasteiger partial charge in [-0.2, -0.15) is 0 Å². The summed E-state index contributed by atoms with van der Waals surface area (Å²) in [4.78, 5) is 11.5. The lowest BCUT2D eigenvalue weighted by Gasteiger charge is -2.15. The lowest BCUT2D eigenvalue weighted by molar-refractivity contribution is -0.121. The van der Waals surface area contributed by atoms with E-state index in [-0.39, 0.29) is 11.9 Å². The number of carbonyl (C=O) groups is 1. The molecule has 0 aliphatic heterocycles. The van der Waals surface area contributed by atoms with E-state index in [1.807, 2.05) is 6.92 Å². The molecule has 0 aliphatic carbocycles. The molecule has 0 aliphatic rings. The summed E-state index contributed by atoms with van der Waals surface area (Å²) in [7, 11) is 1.63. The monoisotopic (exact) mass is 230 g/mol. The number of carbonyl (C=O) groups excluding carboxylic acids is 1. The van der Waals surface area contributed by atoms with Gasteiger partial charge in [0.2, 0.25) is 5.91 Å². The van der Waals surface area contributed by atoms with E-state index in [1.54, 1.807) is 7.11 Å². The minimum absolute atomic E-state index is 0.0375. The van der Waals surface area contributed by atoms with Gasteiger partial charge in [0.1, 0.15) is 0 Å². The third-order valence-electron chi connectivity index (χ3n) is 2.70. The Kier molecular flexibility index (Phi) is 9.24. The summed E-state index contributed by atoms with van der Waals surface area (Å²) in [6.07, 6.45) is 2.32. The molecule has 0 heterocycles. The van der Waals surface area contributed by atoms with Gasteiger partial charge in [0.15, 0.2) is 0 Å². The fourth-order valence-corrected chi connectivity index (χ4v) is 1.58. The van der Waals surface area contributed by atoms with Crippen LogP contribution in [0.2, 0.25) is 0 Å². The Morgan fingerprint density at radius 2 is 1.94 bits per heavy atom. The van der Waals surface area contributed by atoms with E-state index in [9.17, 15) is 4.79 Å². The normalized spacial score (nSPS) is 12.8. The summed E-state index contributed by atoms with van der Waals surface area (Å²) in [6.45, 7) is 8.15. The summed E-state index contributed by atoms with van der Waals surface area (Å²) in [5, 5.41) is 6.05. The molecule has 0 spiro atoms. The van der Waals surface area contributed by atoms with Crippen molar-refractivity contribution in [1.29, 1.82) is 0 Å². The van der Waals surface area contributed by atoms with Crippen molar-refractivity contribution in [3.63, 3.8) is 0 Å². The Morgan fingerprint density at radius 3 is 2.44 bits per heavy atom. The molecule has 0 saturated heterocycles. The molecule has 0 aromatic rings. The van der Waals surface area contributed by atoms with Crippen LogP contribution >= 0.6 is 0 Å². The third kappa shape index (κ3) is 7.65. The van der Waals surface area contributed by atoms with E-state index in [0.29, 0.717) is 19.1 Å². The first-order valence-electron chi connectivity index (χ1n) is 6.12. The Bertz CT molecular complexity index is 182. The van der Waals surface area contributed by atoms with E-state index < -0.39 is 0 Å². The third-order valence-corrected chi connectivity index (χ3v) is 2.70. The van der Waals surface area contributed by atoms with Crippen molar-refractivity contribution >= 4 is 5.91 Å². The number of hydrogen-bond acceptors (Lipinski definition) is 3. The van der Waals surface area contributed by atoms with Crippen molar-refractivity contribution in [3.05, 3.63) is 0 Å². The molecule has 1 amide bonds. The largest absolute Gasteiger partial charge is 0.383 e. The minimum atomic E-state index is 0.0375. The molecule has 4 heteroatoms. The Labute approximate surface area is 99.1 Å². The Balaban J connectivity index is 3.57. The number of ether oxygens (including phenoxy) is 1. The summed E-state index contributed by atoms with van der Waals surface area (Å²) < 4.78 is 4.95. The SMILES string of the molecule is CCC(CC)CNCC(=O)NC(C)COC. The zero-order valence-electron chi connectivity index (χ0n) is 11.0.